The average molecular weight is 381 g/mol. The van der Waals surface area contributed by atoms with Gasteiger partial charge in [0, 0.05) is 18.6 Å². The number of aryl methyl sites for hydroxylation is 1. The number of sulfonamides is 1. The van der Waals surface area contributed by atoms with Gasteiger partial charge in [0.15, 0.2) is 0 Å². The van der Waals surface area contributed by atoms with Crippen LogP contribution in [0.25, 0.3) is 0 Å². The monoisotopic (exact) mass is 380 g/mol. The Labute approximate surface area is 153 Å². The van der Waals surface area contributed by atoms with E-state index in [0.717, 1.165) is 22.7 Å². The van der Waals surface area contributed by atoms with Crippen LogP contribution < -0.4 is 5.32 Å². The SMILES string of the molecule is CN(CC(=O)NCCCc1ccc(Cl)cc1)S(=O)(=O)c1ccccc1. The van der Waals surface area contributed by atoms with Crippen molar-refractivity contribution < 1.29 is 13.2 Å². The number of nitrogens with one attached hydrogen (secondary N) is 1. The first-order valence-corrected chi connectivity index (χ1v) is 9.74. The second-order valence-corrected chi connectivity index (χ2v) is 8.14. The van der Waals surface area contributed by atoms with Gasteiger partial charge in [-0.25, -0.2) is 8.42 Å². The number of halogens is 1. The molecule has 134 valence electrons. The Bertz CT molecular complexity index is 793. The number of nitrogens with zero attached hydrogens (tertiary/aromatic N) is 1. The maximum absolute atomic E-state index is 12.3. The minimum atomic E-state index is -3.65. The lowest BCUT2D eigenvalue weighted by Gasteiger charge is -2.16. The lowest BCUT2D eigenvalue weighted by atomic mass is 10.1. The zero-order valence-electron chi connectivity index (χ0n) is 14.0. The molecule has 0 saturated carbocycles. The average Bonchev–Trinajstić information content (AvgIpc) is 2.61. The molecule has 7 heteroatoms. The Morgan fingerprint density at radius 2 is 1.72 bits per heavy atom. The Kier molecular flexibility index (Phi) is 6.99. The van der Waals surface area contributed by atoms with Crippen LogP contribution in [0.5, 0.6) is 0 Å². The normalized spacial score (nSPS) is 11.5. The van der Waals surface area contributed by atoms with Gasteiger partial charge in [-0.2, -0.15) is 4.31 Å². The van der Waals surface area contributed by atoms with Crippen molar-refractivity contribution in [2.24, 2.45) is 0 Å². The van der Waals surface area contributed by atoms with Gasteiger partial charge in [-0.05, 0) is 42.7 Å². The molecule has 2 aromatic carbocycles. The number of carbonyl (C=O) groups is 1. The molecule has 0 bridgehead atoms. The maximum Gasteiger partial charge on any atom is 0.243 e. The summed E-state index contributed by atoms with van der Waals surface area (Å²) in [4.78, 5) is 12.1. The molecule has 0 spiro atoms. The summed E-state index contributed by atoms with van der Waals surface area (Å²) in [6.07, 6.45) is 1.58. The molecule has 0 heterocycles. The summed E-state index contributed by atoms with van der Waals surface area (Å²) in [5, 5.41) is 3.44. The van der Waals surface area contributed by atoms with Gasteiger partial charge in [-0.3, -0.25) is 4.79 Å². The summed E-state index contributed by atoms with van der Waals surface area (Å²) in [5.41, 5.74) is 1.14. The van der Waals surface area contributed by atoms with Crippen molar-refractivity contribution >= 4 is 27.5 Å². The van der Waals surface area contributed by atoms with Crippen LogP contribution in [0.4, 0.5) is 0 Å². The van der Waals surface area contributed by atoms with E-state index in [1.807, 2.05) is 24.3 Å². The molecule has 0 aromatic heterocycles. The van der Waals surface area contributed by atoms with Gasteiger partial charge in [0.2, 0.25) is 15.9 Å². The fourth-order valence-electron chi connectivity index (χ4n) is 2.29. The van der Waals surface area contributed by atoms with E-state index in [2.05, 4.69) is 5.32 Å². The van der Waals surface area contributed by atoms with Crippen molar-refractivity contribution in [1.82, 2.24) is 9.62 Å². The zero-order valence-corrected chi connectivity index (χ0v) is 15.6. The fraction of sp³-hybridized carbons (Fsp3) is 0.278. The maximum atomic E-state index is 12.3. The summed E-state index contributed by atoms with van der Waals surface area (Å²) in [6.45, 7) is 0.277. The minimum Gasteiger partial charge on any atom is -0.355 e. The zero-order chi connectivity index (χ0) is 18.3. The molecule has 1 amide bonds. The molecular weight excluding hydrogens is 360 g/mol. The van der Waals surface area contributed by atoms with Crippen molar-refractivity contribution in [3.05, 3.63) is 65.2 Å². The van der Waals surface area contributed by atoms with Gasteiger partial charge in [0.1, 0.15) is 0 Å². The van der Waals surface area contributed by atoms with Crippen LogP contribution in [0.1, 0.15) is 12.0 Å². The predicted molar refractivity (Wildman–Crippen MR) is 99.0 cm³/mol. The fourth-order valence-corrected chi connectivity index (χ4v) is 3.56. The first-order valence-electron chi connectivity index (χ1n) is 7.92. The van der Waals surface area contributed by atoms with Gasteiger partial charge in [-0.15, -0.1) is 0 Å². The third kappa shape index (κ3) is 5.85. The molecule has 0 atom stereocenters. The van der Waals surface area contributed by atoms with Crippen LogP contribution in [-0.4, -0.2) is 38.8 Å². The molecule has 5 nitrogen and oxygen atoms in total. The third-order valence-electron chi connectivity index (χ3n) is 3.70. The summed E-state index contributed by atoms with van der Waals surface area (Å²) >= 11 is 5.83. The highest BCUT2D eigenvalue weighted by atomic mass is 35.5. The molecule has 2 aromatic rings. The van der Waals surface area contributed by atoms with E-state index in [9.17, 15) is 13.2 Å². The van der Waals surface area contributed by atoms with Crippen LogP contribution in [-0.2, 0) is 21.2 Å². The third-order valence-corrected chi connectivity index (χ3v) is 5.76. The molecule has 0 fully saturated rings. The standard InChI is InChI=1S/C18H21ClN2O3S/c1-21(25(23,24)17-7-3-2-4-8-17)14-18(22)20-13-5-6-15-9-11-16(19)12-10-15/h2-4,7-12H,5-6,13-14H2,1H3,(H,20,22). The number of hydrogen-bond donors (Lipinski definition) is 1. The molecule has 0 unspecified atom stereocenters. The van der Waals surface area contributed by atoms with Crippen molar-refractivity contribution in [2.75, 3.05) is 20.1 Å². The van der Waals surface area contributed by atoms with E-state index in [-0.39, 0.29) is 17.3 Å². The van der Waals surface area contributed by atoms with Crippen molar-refractivity contribution in [2.45, 2.75) is 17.7 Å². The van der Waals surface area contributed by atoms with Gasteiger partial charge in [-0.1, -0.05) is 41.9 Å². The molecule has 1 N–H and O–H groups in total. The number of carbonyl (C=O) groups excluding carboxylic acids is 1. The topological polar surface area (TPSA) is 66.5 Å². The summed E-state index contributed by atoms with van der Waals surface area (Å²) in [6, 6.07) is 15.6. The van der Waals surface area contributed by atoms with Crippen molar-refractivity contribution in [3.8, 4) is 0 Å². The summed E-state index contributed by atoms with van der Waals surface area (Å²) in [7, 11) is -2.25. The molecule has 25 heavy (non-hydrogen) atoms. The minimum absolute atomic E-state index is 0.174. The lowest BCUT2D eigenvalue weighted by Crippen LogP contribution is -2.38. The summed E-state index contributed by atoms with van der Waals surface area (Å²) in [5.74, 6) is -0.321. The highest BCUT2D eigenvalue weighted by Crippen LogP contribution is 2.13. The van der Waals surface area contributed by atoms with Gasteiger partial charge in [0.05, 0.1) is 11.4 Å². The molecule has 0 radical (unpaired) electrons. The van der Waals surface area contributed by atoms with E-state index in [1.165, 1.54) is 19.2 Å². The Morgan fingerprint density at radius 1 is 1.08 bits per heavy atom. The molecule has 0 aliphatic heterocycles. The molecule has 0 aliphatic rings. The van der Waals surface area contributed by atoms with Crippen LogP contribution in [0.15, 0.2) is 59.5 Å². The van der Waals surface area contributed by atoms with Crippen LogP contribution >= 0.6 is 11.6 Å². The second-order valence-electron chi connectivity index (χ2n) is 5.65. The Balaban J connectivity index is 1.77. The van der Waals surface area contributed by atoms with E-state index in [0.29, 0.717) is 11.6 Å². The van der Waals surface area contributed by atoms with Crippen molar-refractivity contribution in [3.63, 3.8) is 0 Å². The van der Waals surface area contributed by atoms with Crippen molar-refractivity contribution in [1.29, 1.82) is 0 Å². The number of likely N-dealkylation sites (N-methyl/N-ethyl adjacent to an activating group) is 1. The quantitative estimate of drug-likeness (QED) is 0.716. The smallest absolute Gasteiger partial charge is 0.243 e. The number of benzene rings is 2. The summed E-state index contributed by atoms with van der Waals surface area (Å²) < 4.78 is 25.7. The van der Waals surface area contributed by atoms with E-state index in [1.54, 1.807) is 18.2 Å². The second kappa shape index (κ2) is 8.99. The van der Waals surface area contributed by atoms with E-state index >= 15 is 0 Å². The molecule has 0 saturated heterocycles. The Morgan fingerprint density at radius 3 is 2.36 bits per heavy atom. The van der Waals surface area contributed by atoms with Gasteiger partial charge in [0.25, 0.3) is 0 Å². The highest BCUT2D eigenvalue weighted by Gasteiger charge is 2.22. The van der Waals surface area contributed by atoms with Gasteiger partial charge < -0.3 is 5.32 Å². The largest absolute Gasteiger partial charge is 0.355 e. The van der Waals surface area contributed by atoms with E-state index < -0.39 is 10.0 Å². The van der Waals surface area contributed by atoms with Crippen LogP contribution in [0, 0.1) is 0 Å². The lowest BCUT2D eigenvalue weighted by molar-refractivity contribution is -0.121. The van der Waals surface area contributed by atoms with Crippen LogP contribution in [0.2, 0.25) is 5.02 Å². The first-order chi connectivity index (χ1) is 11.9. The number of hydrogen-bond acceptors (Lipinski definition) is 3. The first kappa shape index (κ1) is 19.4. The number of rotatable bonds is 8. The molecule has 2 rings (SSSR count). The van der Waals surface area contributed by atoms with Crippen LogP contribution in [0.3, 0.4) is 0 Å². The molecular formula is C18H21ClN2O3S. The Hall–Kier alpha value is -1.89. The van der Waals surface area contributed by atoms with Gasteiger partial charge >= 0.3 is 0 Å². The predicted octanol–water partition coefficient (Wildman–Crippen LogP) is 2.71. The van der Waals surface area contributed by atoms with E-state index in [4.69, 9.17) is 11.6 Å². The molecule has 0 aliphatic carbocycles. The number of amides is 1. The highest BCUT2D eigenvalue weighted by molar-refractivity contribution is 7.89.